The van der Waals surface area contributed by atoms with E-state index in [9.17, 15) is 9.59 Å². The second-order valence-electron chi connectivity index (χ2n) is 9.81. The van der Waals surface area contributed by atoms with Crippen molar-refractivity contribution in [3.8, 4) is 16.9 Å². The summed E-state index contributed by atoms with van der Waals surface area (Å²) in [7, 11) is 3.49. The molecule has 1 N–H and O–H groups in total. The Kier molecular flexibility index (Phi) is 7.26. The lowest BCUT2D eigenvalue weighted by Crippen LogP contribution is -2.38. The van der Waals surface area contributed by atoms with Gasteiger partial charge in [-0.1, -0.05) is 36.4 Å². The van der Waals surface area contributed by atoms with Gasteiger partial charge in [0.1, 0.15) is 5.75 Å². The highest BCUT2D eigenvalue weighted by atomic mass is 16.5. The summed E-state index contributed by atoms with van der Waals surface area (Å²) >= 11 is 0. The van der Waals surface area contributed by atoms with Gasteiger partial charge in [-0.2, -0.15) is 5.10 Å². The minimum atomic E-state index is -0.244. The Balaban J connectivity index is 1.22. The van der Waals surface area contributed by atoms with Crippen LogP contribution in [0.3, 0.4) is 0 Å². The van der Waals surface area contributed by atoms with Crippen molar-refractivity contribution in [3.63, 3.8) is 0 Å². The summed E-state index contributed by atoms with van der Waals surface area (Å²) in [6.07, 6.45) is 5.73. The van der Waals surface area contributed by atoms with Crippen LogP contribution in [0.2, 0.25) is 0 Å². The molecule has 3 aromatic carbocycles. The van der Waals surface area contributed by atoms with Crippen molar-refractivity contribution in [2.45, 2.75) is 25.7 Å². The average molecular weight is 509 g/mol. The van der Waals surface area contributed by atoms with Gasteiger partial charge < -0.3 is 15.0 Å². The van der Waals surface area contributed by atoms with Crippen LogP contribution in [-0.4, -0.2) is 46.7 Å². The second kappa shape index (κ2) is 10.9. The summed E-state index contributed by atoms with van der Waals surface area (Å²) in [5.74, 6) is 0.795. The highest BCUT2D eigenvalue weighted by Gasteiger charge is 2.25. The number of ether oxygens (including phenoxy) is 1. The summed E-state index contributed by atoms with van der Waals surface area (Å²) in [4.78, 5) is 28.1. The number of rotatable bonds is 6. The Morgan fingerprint density at radius 1 is 0.947 bits per heavy atom. The number of methoxy groups -OCH3 is 1. The Labute approximate surface area is 223 Å². The number of carbonyl (C=O) groups excluding carboxylic acids is 2. The van der Waals surface area contributed by atoms with E-state index >= 15 is 0 Å². The monoisotopic (exact) mass is 508 g/mol. The highest BCUT2D eigenvalue weighted by molar-refractivity contribution is 6.05. The van der Waals surface area contributed by atoms with Crippen molar-refractivity contribution in [1.29, 1.82) is 0 Å². The summed E-state index contributed by atoms with van der Waals surface area (Å²) in [5.41, 5.74) is 6.17. The molecule has 38 heavy (non-hydrogen) atoms. The average Bonchev–Trinajstić information content (AvgIpc) is 3.40. The number of hydrogen-bond donors (Lipinski definition) is 1. The van der Waals surface area contributed by atoms with Gasteiger partial charge in [-0.05, 0) is 72.7 Å². The molecule has 2 amide bonds. The van der Waals surface area contributed by atoms with Gasteiger partial charge in [-0.15, -0.1) is 0 Å². The summed E-state index contributed by atoms with van der Waals surface area (Å²) in [5, 5.41) is 7.21. The van der Waals surface area contributed by atoms with E-state index in [2.05, 4.69) is 34.7 Å². The molecule has 194 valence electrons. The molecule has 1 aromatic heterocycles. The van der Waals surface area contributed by atoms with E-state index in [1.165, 1.54) is 5.56 Å². The lowest BCUT2D eigenvalue weighted by Gasteiger charge is -2.32. The normalized spacial score (nSPS) is 13.8. The molecule has 2 heterocycles. The van der Waals surface area contributed by atoms with E-state index < -0.39 is 0 Å². The molecule has 1 aliphatic rings. The Bertz CT molecular complexity index is 1450. The Morgan fingerprint density at radius 2 is 1.71 bits per heavy atom. The molecule has 7 nitrogen and oxygen atoms in total. The molecular formula is C31H32N4O3. The van der Waals surface area contributed by atoms with Crippen LogP contribution >= 0.6 is 0 Å². The van der Waals surface area contributed by atoms with Crippen LogP contribution in [0.25, 0.3) is 11.1 Å². The van der Waals surface area contributed by atoms with E-state index in [1.807, 2.05) is 48.1 Å². The van der Waals surface area contributed by atoms with Gasteiger partial charge in [-0.25, -0.2) is 0 Å². The van der Waals surface area contributed by atoms with Crippen molar-refractivity contribution in [2.24, 2.45) is 7.05 Å². The number of nitrogens with one attached hydrogen (secondary N) is 1. The minimum absolute atomic E-state index is 0.00717. The van der Waals surface area contributed by atoms with Gasteiger partial charge in [0.25, 0.3) is 11.8 Å². The SMILES string of the molecule is COc1cccc(C(=O)Nc2cc(C(=O)N3CCC(c4ccc(-c5cnn(C)c5)cc4)CC3)ccc2C)c1. The van der Waals surface area contributed by atoms with Crippen LogP contribution in [0.5, 0.6) is 5.75 Å². The zero-order chi connectivity index (χ0) is 26.6. The van der Waals surface area contributed by atoms with E-state index in [-0.39, 0.29) is 11.8 Å². The van der Waals surface area contributed by atoms with Gasteiger partial charge in [0.15, 0.2) is 0 Å². The van der Waals surface area contributed by atoms with Crippen LogP contribution in [-0.2, 0) is 7.05 Å². The third-order valence-electron chi connectivity index (χ3n) is 7.27. The third-order valence-corrected chi connectivity index (χ3v) is 7.27. The van der Waals surface area contributed by atoms with Crippen molar-refractivity contribution in [1.82, 2.24) is 14.7 Å². The molecule has 0 unspecified atom stereocenters. The fraction of sp³-hybridized carbons (Fsp3) is 0.258. The van der Waals surface area contributed by atoms with Crippen molar-refractivity contribution >= 4 is 17.5 Å². The maximum atomic E-state index is 13.3. The third kappa shape index (κ3) is 5.47. The number of nitrogens with zero attached hydrogens (tertiary/aromatic N) is 3. The summed E-state index contributed by atoms with van der Waals surface area (Å²) < 4.78 is 7.03. The molecule has 7 heteroatoms. The van der Waals surface area contributed by atoms with Crippen LogP contribution < -0.4 is 10.1 Å². The van der Waals surface area contributed by atoms with Crippen LogP contribution in [0, 0.1) is 6.92 Å². The lowest BCUT2D eigenvalue weighted by atomic mass is 9.88. The number of piperidine rings is 1. The molecule has 0 bridgehead atoms. The van der Waals surface area contributed by atoms with Gasteiger partial charge in [0.05, 0.1) is 13.3 Å². The first kappa shape index (κ1) is 25.3. The molecule has 5 rings (SSSR count). The van der Waals surface area contributed by atoms with E-state index in [4.69, 9.17) is 4.74 Å². The zero-order valence-corrected chi connectivity index (χ0v) is 22.0. The lowest BCUT2D eigenvalue weighted by molar-refractivity contribution is 0.0712. The largest absolute Gasteiger partial charge is 0.497 e. The van der Waals surface area contributed by atoms with E-state index in [0.717, 1.165) is 29.5 Å². The summed E-state index contributed by atoms with van der Waals surface area (Å²) in [6.45, 7) is 3.32. The molecule has 1 fully saturated rings. The maximum Gasteiger partial charge on any atom is 0.255 e. The van der Waals surface area contributed by atoms with Crippen LogP contribution in [0.4, 0.5) is 5.69 Å². The van der Waals surface area contributed by atoms with E-state index in [1.54, 1.807) is 37.4 Å². The van der Waals surface area contributed by atoms with Crippen molar-refractivity contribution in [2.75, 3.05) is 25.5 Å². The number of anilines is 1. The number of benzene rings is 3. The number of aryl methyl sites for hydroxylation is 2. The fourth-order valence-electron chi connectivity index (χ4n) is 4.97. The van der Waals surface area contributed by atoms with Gasteiger partial charge >= 0.3 is 0 Å². The first-order valence-electron chi connectivity index (χ1n) is 12.9. The van der Waals surface area contributed by atoms with Gasteiger partial charge in [0.2, 0.25) is 0 Å². The number of amides is 2. The topological polar surface area (TPSA) is 76.5 Å². The first-order valence-corrected chi connectivity index (χ1v) is 12.9. The van der Waals surface area contributed by atoms with Crippen LogP contribution in [0.15, 0.2) is 79.1 Å². The molecule has 0 radical (unpaired) electrons. The molecule has 1 aliphatic heterocycles. The van der Waals surface area contributed by atoms with Gasteiger partial charge in [0, 0.05) is 48.7 Å². The number of aromatic nitrogens is 2. The van der Waals surface area contributed by atoms with E-state index in [0.29, 0.717) is 41.6 Å². The van der Waals surface area contributed by atoms with Crippen molar-refractivity contribution < 1.29 is 14.3 Å². The standard InChI is InChI=1S/C31H32N4O3/c1-21-7-8-26(18-29(21)33-30(36)25-5-4-6-28(17-25)38-3)31(37)35-15-13-24(14-16-35)22-9-11-23(12-10-22)27-19-32-34(2)20-27/h4-12,17-20,24H,13-16H2,1-3H3,(H,33,36). The Morgan fingerprint density at radius 3 is 2.39 bits per heavy atom. The fourth-order valence-corrected chi connectivity index (χ4v) is 4.97. The number of hydrogen-bond acceptors (Lipinski definition) is 4. The van der Waals surface area contributed by atoms with Crippen LogP contribution in [0.1, 0.15) is 50.6 Å². The summed E-state index contributed by atoms with van der Waals surface area (Å²) in [6, 6.07) is 21.2. The van der Waals surface area contributed by atoms with Gasteiger partial charge in [-0.3, -0.25) is 14.3 Å². The highest BCUT2D eigenvalue weighted by Crippen LogP contribution is 2.31. The zero-order valence-electron chi connectivity index (χ0n) is 22.0. The molecule has 4 aromatic rings. The molecular weight excluding hydrogens is 476 g/mol. The second-order valence-corrected chi connectivity index (χ2v) is 9.81. The number of carbonyl (C=O) groups is 2. The van der Waals surface area contributed by atoms with Crippen molar-refractivity contribution in [3.05, 3.63) is 101 Å². The quantitative estimate of drug-likeness (QED) is 0.364. The molecule has 0 atom stereocenters. The predicted octanol–water partition coefficient (Wildman–Crippen LogP) is 5.68. The number of likely N-dealkylation sites (tertiary alicyclic amines) is 1. The molecule has 0 aliphatic carbocycles. The Hall–Kier alpha value is -4.39. The smallest absolute Gasteiger partial charge is 0.255 e. The molecule has 0 spiro atoms. The predicted molar refractivity (Wildman–Crippen MR) is 149 cm³/mol. The minimum Gasteiger partial charge on any atom is -0.497 e. The maximum absolute atomic E-state index is 13.3. The first-order chi connectivity index (χ1) is 18.4. The molecule has 0 saturated carbocycles. The molecule has 1 saturated heterocycles.